The number of aromatic nitrogens is 2. The molecule has 0 bridgehead atoms. The monoisotopic (exact) mass is 455 g/mol. The van der Waals surface area contributed by atoms with Crippen molar-refractivity contribution in [2.75, 3.05) is 25.6 Å². The number of benzene rings is 1. The summed E-state index contributed by atoms with van der Waals surface area (Å²) in [4.78, 5) is 20.9. The van der Waals surface area contributed by atoms with Gasteiger partial charge in [0.1, 0.15) is 23.6 Å². The van der Waals surface area contributed by atoms with Crippen LogP contribution in [0.3, 0.4) is 0 Å². The number of anilines is 1. The molecule has 0 saturated carbocycles. The number of nitrogens with zero attached hydrogens (tertiary/aromatic N) is 2. The highest BCUT2D eigenvalue weighted by atomic mass is 32.1. The number of hydrogen-bond donors (Lipinski definition) is 2. The molecular formula is C22H21N3O4S2. The van der Waals surface area contributed by atoms with E-state index in [1.165, 1.54) is 16.4 Å². The zero-order valence-electron chi connectivity index (χ0n) is 17.0. The highest BCUT2D eigenvalue weighted by Crippen LogP contribution is 2.36. The summed E-state index contributed by atoms with van der Waals surface area (Å²) in [6.07, 6.45) is 2.24. The van der Waals surface area contributed by atoms with Gasteiger partial charge in [0.2, 0.25) is 0 Å². The molecule has 1 aromatic carbocycles. The number of thiophene rings is 2. The summed E-state index contributed by atoms with van der Waals surface area (Å²) >= 11 is 2.83. The van der Waals surface area contributed by atoms with Crippen LogP contribution in [0.1, 0.15) is 22.2 Å². The highest BCUT2D eigenvalue weighted by molar-refractivity contribution is 7.17. The Morgan fingerprint density at radius 2 is 2.06 bits per heavy atom. The van der Waals surface area contributed by atoms with E-state index in [4.69, 9.17) is 9.47 Å². The lowest BCUT2D eigenvalue weighted by molar-refractivity contribution is 0.0698. The largest absolute Gasteiger partial charge is 0.496 e. The summed E-state index contributed by atoms with van der Waals surface area (Å²) in [7, 11) is 1.69. The minimum absolute atomic E-state index is 0.167. The molecule has 0 aliphatic rings. The average molecular weight is 456 g/mol. The molecule has 4 aromatic rings. The normalized spacial score (nSPS) is 10.9. The Bertz CT molecular complexity index is 1220. The van der Waals surface area contributed by atoms with E-state index in [1.54, 1.807) is 24.5 Å². The molecule has 0 fully saturated rings. The predicted octanol–water partition coefficient (Wildman–Crippen LogP) is 5.18. The summed E-state index contributed by atoms with van der Waals surface area (Å²) in [5, 5.41) is 16.0. The van der Waals surface area contributed by atoms with E-state index < -0.39 is 5.97 Å². The quantitative estimate of drug-likeness (QED) is 0.359. The first-order valence-electron chi connectivity index (χ1n) is 9.69. The summed E-state index contributed by atoms with van der Waals surface area (Å²) in [6, 6.07) is 9.87. The van der Waals surface area contributed by atoms with Gasteiger partial charge in [0, 0.05) is 23.4 Å². The molecule has 0 radical (unpaired) electrons. The molecule has 3 aromatic heterocycles. The van der Waals surface area contributed by atoms with Gasteiger partial charge in [0.15, 0.2) is 4.88 Å². The van der Waals surface area contributed by atoms with Crippen LogP contribution in [-0.4, -0.2) is 41.3 Å². The summed E-state index contributed by atoms with van der Waals surface area (Å²) < 4.78 is 12.2. The van der Waals surface area contributed by atoms with Gasteiger partial charge in [-0.3, -0.25) is 0 Å². The van der Waals surface area contributed by atoms with Crippen molar-refractivity contribution in [2.24, 2.45) is 0 Å². The van der Waals surface area contributed by atoms with Crippen LogP contribution in [0.15, 0.2) is 42.0 Å². The first-order chi connectivity index (χ1) is 15.1. The van der Waals surface area contributed by atoms with E-state index in [0.717, 1.165) is 33.9 Å². The Hall–Kier alpha value is -3.17. The van der Waals surface area contributed by atoms with Crippen LogP contribution in [-0.2, 0) is 6.42 Å². The number of rotatable bonds is 9. The summed E-state index contributed by atoms with van der Waals surface area (Å²) in [6.45, 7) is 2.88. The molecule has 4 rings (SSSR count). The van der Waals surface area contributed by atoms with Crippen LogP contribution in [0.2, 0.25) is 0 Å². The van der Waals surface area contributed by atoms with Crippen molar-refractivity contribution in [3.63, 3.8) is 0 Å². The van der Waals surface area contributed by atoms with Gasteiger partial charge in [-0.1, -0.05) is 0 Å². The lowest BCUT2D eigenvalue weighted by Gasteiger charge is -2.10. The predicted molar refractivity (Wildman–Crippen MR) is 124 cm³/mol. The van der Waals surface area contributed by atoms with Gasteiger partial charge in [-0.25, -0.2) is 14.8 Å². The Morgan fingerprint density at radius 3 is 2.84 bits per heavy atom. The maximum atomic E-state index is 11.5. The average Bonchev–Trinajstić information content (AvgIpc) is 3.40. The Labute approximate surface area is 187 Å². The zero-order valence-corrected chi connectivity index (χ0v) is 18.7. The molecule has 2 N–H and O–H groups in total. The van der Waals surface area contributed by atoms with Gasteiger partial charge in [-0.05, 0) is 47.9 Å². The van der Waals surface area contributed by atoms with Gasteiger partial charge < -0.3 is 19.9 Å². The maximum Gasteiger partial charge on any atom is 0.349 e. The molecule has 0 atom stereocenters. The van der Waals surface area contributed by atoms with Gasteiger partial charge in [-0.15, -0.1) is 22.7 Å². The molecule has 0 amide bonds. The third kappa shape index (κ3) is 4.62. The van der Waals surface area contributed by atoms with Crippen molar-refractivity contribution < 1.29 is 19.4 Å². The summed E-state index contributed by atoms with van der Waals surface area (Å²) in [5.41, 5.74) is 1.77. The number of ether oxygens (including phenoxy) is 2. The fourth-order valence-electron chi connectivity index (χ4n) is 3.25. The molecule has 0 aliphatic heterocycles. The van der Waals surface area contributed by atoms with Crippen molar-refractivity contribution in [1.82, 2.24) is 9.97 Å². The number of carboxylic acids is 1. The second-order valence-corrected chi connectivity index (χ2v) is 8.63. The fraction of sp³-hybridized carbons (Fsp3) is 0.227. The van der Waals surface area contributed by atoms with Gasteiger partial charge >= 0.3 is 5.97 Å². The topological polar surface area (TPSA) is 93.6 Å². The second kappa shape index (κ2) is 9.32. The van der Waals surface area contributed by atoms with Crippen LogP contribution in [0.4, 0.5) is 5.82 Å². The third-order valence-corrected chi connectivity index (χ3v) is 6.67. The van der Waals surface area contributed by atoms with Crippen molar-refractivity contribution in [3.8, 4) is 22.1 Å². The number of methoxy groups -OCH3 is 1. The van der Waals surface area contributed by atoms with E-state index in [2.05, 4.69) is 38.9 Å². The lowest BCUT2D eigenvalue weighted by Crippen LogP contribution is -2.07. The van der Waals surface area contributed by atoms with E-state index in [0.29, 0.717) is 30.4 Å². The molecule has 0 unspecified atom stereocenters. The Kier molecular flexibility index (Phi) is 6.34. The number of nitrogens with one attached hydrogen (secondary N) is 1. The minimum Gasteiger partial charge on any atom is -0.496 e. The molecule has 9 heteroatoms. The van der Waals surface area contributed by atoms with Crippen molar-refractivity contribution in [2.45, 2.75) is 13.3 Å². The zero-order chi connectivity index (χ0) is 21.8. The number of hydrogen-bond acceptors (Lipinski definition) is 8. The summed E-state index contributed by atoms with van der Waals surface area (Å²) in [5.74, 6) is 0.898. The van der Waals surface area contributed by atoms with Gasteiger partial charge in [-0.2, -0.15) is 0 Å². The molecule has 160 valence electrons. The highest BCUT2D eigenvalue weighted by Gasteiger charge is 2.18. The smallest absolute Gasteiger partial charge is 0.349 e. The molecular weight excluding hydrogens is 434 g/mol. The Morgan fingerprint density at radius 1 is 1.19 bits per heavy atom. The van der Waals surface area contributed by atoms with Crippen molar-refractivity contribution in [1.29, 1.82) is 0 Å². The maximum absolute atomic E-state index is 11.5. The molecule has 7 nitrogen and oxygen atoms in total. The van der Waals surface area contributed by atoms with Crippen LogP contribution >= 0.6 is 22.7 Å². The molecule has 0 spiro atoms. The lowest BCUT2D eigenvalue weighted by atomic mass is 10.1. The van der Waals surface area contributed by atoms with Crippen LogP contribution in [0.5, 0.6) is 11.5 Å². The first kappa shape index (κ1) is 21.1. The van der Waals surface area contributed by atoms with Crippen LogP contribution < -0.4 is 14.8 Å². The number of aromatic carboxylic acids is 1. The van der Waals surface area contributed by atoms with Crippen LogP contribution in [0.25, 0.3) is 20.7 Å². The molecule has 0 saturated heterocycles. The number of fused-ring (bicyclic) bond motifs is 1. The number of carbonyl (C=O) groups is 1. The van der Waals surface area contributed by atoms with Gasteiger partial charge in [0.05, 0.1) is 24.3 Å². The molecule has 31 heavy (non-hydrogen) atoms. The fourth-order valence-corrected chi connectivity index (χ4v) is 4.96. The Balaban J connectivity index is 1.48. The minimum atomic E-state index is -1.01. The third-order valence-electron chi connectivity index (χ3n) is 4.67. The van der Waals surface area contributed by atoms with Crippen LogP contribution in [0, 0.1) is 0 Å². The van der Waals surface area contributed by atoms with Crippen molar-refractivity contribution >= 4 is 44.5 Å². The standard InChI is InChI=1S/C22H21N3O4S2/c1-3-29-17-11-19(31-21(17)22(26)27)15-9-20(25-12-24-15)23-6-4-13-8-14-5-7-30-18(14)10-16(13)28-2/h5,7-12H,3-4,6H2,1-2H3,(H,26,27)(H,23,24,25). The van der Waals surface area contributed by atoms with E-state index in [-0.39, 0.29) is 4.88 Å². The van der Waals surface area contributed by atoms with E-state index >= 15 is 0 Å². The number of carboxylic acid groups (broad SMARTS) is 1. The second-order valence-electron chi connectivity index (χ2n) is 6.63. The van der Waals surface area contributed by atoms with E-state index in [1.807, 2.05) is 13.0 Å². The first-order valence-corrected chi connectivity index (χ1v) is 11.4. The molecule has 3 heterocycles. The SMILES string of the molecule is CCOc1cc(-c2cc(NCCc3cc4ccsc4cc3OC)ncn2)sc1C(=O)O. The van der Waals surface area contributed by atoms with Crippen molar-refractivity contribution in [3.05, 3.63) is 52.5 Å². The molecule has 0 aliphatic carbocycles. The van der Waals surface area contributed by atoms with Gasteiger partial charge in [0.25, 0.3) is 0 Å². The van der Waals surface area contributed by atoms with E-state index in [9.17, 15) is 9.90 Å².